The predicted molar refractivity (Wildman–Crippen MR) is 155 cm³/mol. The van der Waals surface area contributed by atoms with E-state index in [-0.39, 0.29) is 11.4 Å². The summed E-state index contributed by atoms with van der Waals surface area (Å²) < 4.78 is 6.98. The number of fused-ring (bicyclic) bond motifs is 1. The van der Waals surface area contributed by atoms with Gasteiger partial charge in [0.15, 0.2) is 0 Å². The SMILES string of the molecule is Cc1ccc(NC(=O)CN2C(=O)S/C(=C\c3cc(Br)ccc3OCc3cccc4ccccc34)C2=O)cc1. The lowest BCUT2D eigenvalue weighted by molar-refractivity contribution is -0.127. The first kappa shape index (κ1) is 25.8. The van der Waals surface area contributed by atoms with E-state index in [2.05, 4.69) is 39.4 Å². The minimum Gasteiger partial charge on any atom is -0.488 e. The van der Waals surface area contributed by atoms with Crippen molar-refractivity contribution in [1.29, 1.82) is 0 Å². The Labute approximate surface area is 232 Å². The number of thioether (sulfide) groups is 1. The van der Waals surface area contributed by atoms with E-state index in [1.54, 1.807) is 18.2 Å². The molecule has 0 aromatic heterocycles. The molecule has 4 aromatic rings. The molecule has 5 rings (SSSR count). The van der Waals surface area contributed by atoms with Gasteiger partial charge in [-0.05, 0) is 71.4 Å². The van der Waals surface area contributed by atoms with Crippen molar-refractivity contribution in [2.75, 3.05) is 11.9 Å². The molecule has 0 aliphatic carbocycles. The molecule has 1 aliphatic heterocycles. The van der Waals surface area contributed by atoms with Crippen LogP contribution in [0.15, 0.2) is 94.3 Å². The van der Waals surface area contributed by atoms with Crippen molar-refractivity contribution >= 4 is 67.3 Å². The van der Waals surface area contributed by atoms with Gasteiger partial charge < -0.3 is 10.1 Å². The molecular formula is C30H23BrN2O4S. The number of nitrogens with zero attached hydrogens (tertiary/aromatic N) is 1. The summed E-state index contributed by atoms with van der Waals surface area (Å²) in [5.41, 5.74) is 3.35. The summed E-state index contributed by atoms with van der Waals surface area (Å²) in [6, 6.07) is 27.0. The zero-order chi connectivity index (χ0) is 26.6. The number of benzene rings is 4. The molecule has 38 heavy (non-hydrogen) atoms. The molecule has 6 nitrogen and oxygen atoms in total. The van der Waals surface area contributed by atoms with Crippen molar-refractivity contribution in [3.63, 3.8) is 0 Å². The molecule has 0 radical (unpaired) electrons. The highest BCUT2D eigenvalue weighted by molar-refractivity contribution is 9.10. The minimum atomic E-state index is -0.515. The van der Waals surface area contributed by atoms with Crippen LogP contribution in [0.4, 0.5) is 10.5 Å². The fraction of sp³-hybridized carbons (Fsp3) is 0.100. The molecule has 8 heteroatoms. The second kappa shape index (κ2) is 11.2. The molecule has 1 heterocycles. The van der Waals surface area contributed by atoms with E-state index in [4.69, 9.17) is 4.74 Å². The minimum absolute atomic E-state index is 0.228. The molecule has 1 fully saturated rings. The average molecular weight is 587 g/mol. The number of hydrogen-bond donors (Lipinski definition) is 1. The van der Waals surface area contributed by atoms with Crippen LogP contribution in [0.5, 0.6) is 5.75 Å². The largest absolute Gasteiger partial charge is 0.488 e. The Morgan fingerprint density at radius 1 is 1.00 bits per heavy atom. The summed E-state index contributed by atoms with van der Waals surface area (Å²) in [4.78, 5) is 39.4. The highest BCUT2D eigenvalue weighted by atomic mass is 79.9. The molecule has 1 N–H and O–H groups in total. The molecule has 190 valence electrons. The Morgan fingerprint density at radius 2 is 1.76 bits per heavy atom. The van der Waals surface area contributed by atoms with E-state index in [9.17, 15) is 14.4 Å². The van der Waals surface area contributed by atoms with Gasteiger partial charge in [0.05, 0.1) is 4.91 Å². The predicted octanol–water partition coefficient (Wildman–Crippen LogP) is 7.16. The number of halogens is 1. The standard InChI is InChI=1S/C30H23BrN2O4S/c1-19-9-12-24(13-10-19)32-28(34)17-33-29(35)27(38-30(33)36)16-22-15-23(31)11-14-26(22)37-18-21-7-4-6-20-5-2-3-8-25(20)21/h2-16H,17-18H2,1H3,(H,32,34)/b27-16-. The monoisotopic (exact) mass is 586 g/mol. The number of carbonyl (C=O) groups excluding carboxylic acids is 3. The Kier molecular flexibility index (Phi) is 7.62. The molecule has 0 unspecified atom stereocenters. The van der Waals surface area contributed by atoms with Crippen molar-refractivity contribution in [2.24, 2.45) is 0 Å². The van der Waals surface area contributed by atoms with Crippen LogP contribution in [0.25, 0.3) is 16.8 Å². The lowest BCUT2D eigenvalue weighted by Crippen LogP contribution is -2.36. The van der Waals surface area contributed by atoms with Gasteiger partial charge in [0, 0.05) is 15.7 Å². The maximum absolute atomic E-state index is 13.1. The van der Waals surface area contributed by atoms with Crippen LogP contribution in [0, 0.1) is 6.92 Å². The van der Waals surface area contributed by atoms with Gasteiger partial charge in [-0.3, -0.25) is 19.3 Å². The van der Waals surface area contributed by atoms with E-state index in [1.165, 1.54) is 0 Å². The van der Waals surface area contributed by atoms with Crippen LogP contribution in [-0.4, -0.2) is 28.5 Å². The van der Waals surface area contributed by atoms with Gasteiger partial charge in [0.25, 0.3) is 11.1 Å². The Morgan fingerprint density at radius 3 is 2.58 bits per heavy atom. The summed E-state index contributed by atoms with van der Waals surface area (Å²) in [5, 5.41) is 4.47. The van der Waals surface area contributed by atoms with E-state index >= 15 is 0 Å². The molecule has 4 aromatic carbocycles. The third-order valence-corrected chi connectivity index (χ3v) is 7.43. The third kappa shape index (κ3) is 5.82. The number of carbonyl (C=O) groups is 3. The lowest BCUT2D eigenvalue weighted by Gasteiger charge is -2.13. The zero-order valence-electron chi connectivity index (χ0n) is 20.4. The number of nitrogens with one attached hydrogen (secondary N) is 1. The van der Waals surface area contributed by atoms with Crippen molar-refractivity contribution in [1.82, 2.24) is 4.90 Å². The number of amides is 3. The third-order valence-electron chi connectivity index (χ3n) is 6.03. The van der Waals surface area contributed by atoms with Crippen molar-refractivity contribution in [2.45, 2.75) is 13.5 Å². The van der Waals surface area contributed by atoms with E-state index in [0.29, 0.717) is 23.6 Å². The molecule has 0 spiro atoms. The van der Waals surface area contributed by atoms with Gasteiger partial charge in [0.1, 0.15) is 18.9 Å². The number of hydrogen-bond acceptors (Lipinski definition) is 5. The van der Waals surface area contributed by atoms with Crippen molar-refractivity contribution in [3.8, 4) is 5.75 Å². The number of ether oxygens (including phenoxy) is 1. The van der Waals surface area contributed by atoms with Crippen LogP contribution in [0.2, 0.25) is 0 Å². The fourth-order valence-corrected chi connectivity index (χ4v) is 5.30. The molecule has 1 saturated heterocycles. The summed E-state index contributed by atoms with van der Waals surface area (Å²) in [5.74, 6) is -0.386. The Hall–Kier alpha value is -3.88. The van der Waals surface area contributed by atoms with Crippen LogP contribution < -0.4 is 10.1 Å². The first-order chi connectivity index (χ1) is 18.4. The fourth-order valence-electron chi connectivity index (χ4n) is 4.10. The Bertz CT molecular complexity index is 1580. The number of rotatable bonds is 7. The highest BCUT2D eigenvalue weighted by Gasteiger charge is 2.36. The molecular weight excluding hydrogens is 564 g/mol. The second-order valence-corrected chi connectivity index (χ2v) is 10.7. The molecule has 0 saturated carbocycles. The lowest BCUT2D eigenvalue weighted by atomic mass is 10.1. The van der Waals surface area contributed by atoms with Crippen LogP contribution in [-0.2, 0) is 16.2 Å². The van der Waals surface area contributed by atoms with Gasteiger partial charge in [0.2, 0.25) is 5.91 Å². The van der Waals surface area contributed by atoms with Gasteiger partial charge in [-0.25, -0.2) is 0 Å². The first-order valence-electron chi connectivity index (χ1n) is 11.9. The molecule has 3 amide bonds. The smallest absolute Gasteiger partial charge is 0.294 e. The van der Waals surface area contributed by atoms with Crippen LogP contribution >= 0.6 is 27.7 Å². The zero-order valence-corrected chi connectivity index (χ0v) is 22.8. The van der Waals surface area contributed by atoms with Gasteiger partial charge in [-0.2, -0.15) is 0 Å². The number of anilines is 1. The van der Waals surface area contributed by atoms with Crippen molar-refractivity contribution in [3.05, 3.63) is 111 Å². The number of imide groups is 1. The van der Waals surface area contributed by atoms with Gasteiger partial charge in [-0.15, -0.1) is 0 Å². The van der Waals surface area contributed by atoms with E-state index in [1.807, 2.05) is 61.5 Å². The van der Waals surface area contributed by atoms with Gasteiger partial charge in [-0.1, -0.05) is 76.1 Å². The van der Waals surface area contributed by atoms with E-state index < -0.39 is 17.1 Å². The van der Waals surface area contributed by atoms with Crippen LogP contribution in [0.3, 0.4) is 0 Å². The first-order valence-corrected chi connectivity index (χ1v) is 13.5. The normalized spacial score (nSPS) is 14.4. The maximum Gasteiger partial charge on any atom is 0.294 e. The maximum atomic E-state index is 13.1. The highest BCUT2D eigenvalue weighted by Crippen LogP contribution is 2.35. The molecule has 0 bridgehead atoms. The number of aryl methyl sites for hydroxylation is 1. The summed E-state index contributed by atoms with van der Waals surface area (Å²) in [6.07, 6.45) is 1.63. The molecule has 0 atom stereocenters. The molecule has 1 aliphatic rings. The Balaban J connectivity index is 1.32. The average Bonchev–Trinajstić information content (AvgIpc) is 3.16. The quantitative estimate of drug-likeness (QED) is 0.232. The van der Waals surface area contributed by atoms with E-state index in [0.717, 1.165) is 43.0 Å². The summed E-state index contributed by atoms with van der Waals surface area (Å²) in [7, 11) is 0. The summed E-state index contributed by atoms with van der Waals surface area (Å²) >= 11 is 4.28. The topological polar surface area (TPSA) is 75.7 Å². The summed E-state index contributed by atoms with van der Waals surface area (Å²) in [6.45, 7) is 1.92. The second-order valence-electron chi connectivity index (χ2n) is 8.79. The van der Waals surface area contributed by atoms with Crippen LogP contribution in [0.1, 0.15) is 16.7 Å². The van der Waals surface area contributed by atoms with Crippen molar-refractivity contribution < 1.29 is 19.1 Å². The van der Waals surface area contributed by atoms with Gasteiger partial charge >= 0.3 is 0 Å².